The molecule has 1 aromatic carbocycles. The molecule has 1 saturated heterocycles. The van der Waals surface area contributed by atoms with Crippen molar-refractivity contribution in [2.75, 3.05) is 25.1 Å². The maximum atomic E-state index is 13.1. The van der Waals surface area contributed by atoms with Crippen LogP contribution in [0.5, 0.6) is 5.75 Å². The van der Waals surface area contributed by atoms with Crippen LogP contribution in [0.1, 0.15) is 6.42 Å². The first-order chi connectivity index (χ1) is 7.20. The van der Waals surface area contributed by atoms with Gasteiger partial charge in [0.05, 0.1) is 13.7 Å². The fourth-order valence-electron chi connectivity index (χ4n) is 1.70. The zero-order valence-corrected chi connectivity index (χ0v) is 8.50. The molecule has 0 amide bonds. The van der Waals surface area contributed by atoms with Crippen LogP contribution in [0.3, 0.4) is 0 Å². The molecule has 2 rings (SSSR count). The van der Waals surface area contributed by atoms with E-state index < -0.39 is 0 Å². The molecule has 1 fully saturated rings. The van der Waals surface area contributed by atoms with Gasteiger partial charge < -0.3 is 9.64 Å². The third-order valence-electron chi connectivity index (χ3n) is 2.53. The molecule has 1 aromatic rings. The number of hydrogen-bond acceptors (Lipinski definition) is 3. The second-order valence-corrected chi connectivity index (χ2v) is 3.53. The molecule has 1 aliphatic rings. The van der Waals surface area contributed by atoms with Gasteiger partial charge in [0.15, 0.2) is 17.3 Å². The number of rotatable bonds is 2. The third kappa shape index (κ3) is 1.93. The lowest BCUT2D eigenvalue weighted by atomic mass is 10.2. The summed E-state index contributed by atoms with van der Waals surface area (Å²) in [5.74, 6) is 0.0527. The molecule has 80 valence electrons. The van der Waals surface area contributed by atoms with E-state index in [9.17, 15) is 9.18 Å². The van der Waals surface area contributed by atoms with Crippen molar-refractivity contribution < 1.29 is 13.9 Å². The summed E-state index contributed by atoms with van der Waals surface area (Å²) >= 11 is 0. The van der Waals surface area contributed by atoms with Crippen LogP contribution >= 0.6 is 0 Å². The van der Waals surface area contributed by atoms with E-state index >= 15 is 0 Å². The molecule has 0 spiro atoms. The molecule has 15 heavy (non-hydrogen) atoms. The minimum absolute atomic E-state index is 0.215. The smallest absolute Gasteiger partial charge is 0.165 e. The van der Waals surface area contributed by atoms with Crippen molar-refractivity contribution in [1.82, 2.24) is 0 Å². The summed E-state index contributed by atoms with van der Waals surface area (Å²) in [6.07, 6.45) is 0.569. The second kappa shape index (κ2) is 3.88. The summed E-state index contributed by atoms with van der Waals surface area (Å²) in [5.41, 5.74) is 0.833. The summed E-state index contributed by atoms with van der Waals surface area (Å²) in [6, 6.07) is 4.64. The Kier molecular flexibility index (Phi) is 2.58. The van der Waals surface area contributed by atoms with Gasteiger partial charge in [-0.25, -0.2) is 4.39 Å². The van der Waals surface area contributed by atoms with E-state index in [1.54, 1.807) is 12.1 Å². The summed E-state index contributed by atoms with van der Waals surface area (Å²) in [4.78, 5) is 13.0. The third-order valence-corrected chi connectivity index (χ3v) is 2.53. The van der Waals surface area contributed by atoms with Gasteiger partial charge in [-0.15, -0.1) is 0 Å². The number of anilines is 1. The molecule has 1 aliphatic heterocycles. The van der Waals surface area contributed by atoms with Gasteiger partial charge in [-0.3, -0.25) is 4.79 Å². The van der Waals surface area contributed by atoms with Crippen LogP contribution in [0.2, 0.25) is 0 Å². The maximum Gasteiger partial charge on any atom is 0.165 e. The predicted octanol–water partition coefficient (Wildman–Crippen LogP) is 1.61. The Bertz CT molecular complexity index is 392. The highest BCUT2D eigenvalue weighted by atomic mass is 19.1. The minimum Gasteiger partial charge on any atom is -0.494 e. The van der Waals surface area contributed by atoms with Crippen molar-refractivity contribution >= 4 is 11.5 Å². The number of methoxy groups -OCH3 is 1. The van der Waals surface area contributed by atoms with Gasteiger partial charge in [-0.05, 0) is 12.1 Å². The molecule has 3 nitrogen and oxygen atoms in total. The van der Waals surface area contributed by atoms with Crippen molar-refractivity contribution in [3.05, 3.63) is 24.0 Å². The predicted molar refractivity (Wildman–Crippen MR) is 54.8 cm³/mol. The molecule has 0 radical (unpaired) electrons. The number of ether oxygens (including phenoxy) is 1. The lowest BCUT2D eigenvalue weighted by molar-refractivity contribution is -0.116. The van der Waals surface area contributed by atoms with Gasteiger partial charge in [-0.2, -0.15) is 0 Å². The van der Waals surface area contributed by atoms with Gasteiger partial charge in [-0.1, -0.05) is 0 Å². The largest absolute Gasteiger partial charge is 0.494 e. The number of halogens is 1. The van der Waals surface area contributed by atoms with Crippen molar-refractivity contribution in [3.63, 3.8) is 0 Å². The highest BCUT2D eigenvalue weighted by Crippen LogP contribution is 2.26. The number of nitrogens with zero attached hydrogens (tertiary/aromatic N) is 1. The van der Waals surface area contributed by atoms with Crippen LogP contribution in [0.15, 0.2) is 18.2 Å². The van der Waals surface area contributed by atoms with Crippen molar-refractivity contribution in [2.24, 2.45) is 0 Å². The number of carbonyl (C=O) groups excluding carboxylic acids is 1. The first kappa shape index (κ1) is 9.96. The summed E-state index contributed by atoms with van der Waals surface area (Å²) in [7, 11) is 1.43. The van der Waals surface area contributed by atoms with Crippen LogP contribution in [0, 0.1) is 5.82 Å². The van der Waals surface area contributed by atoms with E-state index in [0.29, 0.717) is 19.5 Å². The fourth-order valence-corrected chi connectivity index (χ4v) is 1.70. The molecular weight excluding hydrogens is 197 g/mol. The first-order valence-corrected chi connectivity index (χ1v) is 4.81. The van der Waals surface area contributed by atoms with E-state index in [4.69, 9.17) is 4.74 Å². The number of hydrogen-bond donors (Lipinski definition) is 0. The van der Waals surface area contributed by atoms with Crippen molar-refractivity contribution in [1.29, 1.82) is 0 Å². The van der Waals surface area contributed by atoms with Gasteiger partial charge in [0, 0.05) is 24.7 Å². The van der Waals surface area contributed by atoms with Gasteiger partial charge >= 0.3 is 0 Å². The van der Waals surface area contributed by atoms with Gasteiger partial charge in [0.1, 0.15) is 0 Å². The second-order valence-electron chi connectivity index (χ2n) is 3.53. The van der Waals surface area contributed by atoms with Crippen LogP contribution in [-0.2, 0) is 4.79 Å². The maximum absolute atomic E-state index is 13.1. The number of benzene rings is 1. The molecule has 0 atom stereocenters. The average molecular weight is 209 g/mol. The molecule has 0 bridgehead atoms. The van der Waals surface area contributed by atoms with E-state index in [1.165, 1.54) is 13.2 Å². The normalized spacial score (nSPS) is 15.9. The lowest BCUT2D eigenvalue weighted by Crippen LogP contribution is -2.19. The average Bonchev–Trinajstić information content (AvgIpc) is 2.66. The first-order valence-electron chi connectivity index (χ1n) is 4.81. The highest BCUT2D eigenvalue weighted by Gasteiger charge is 2.20. The molecule has 0 aromatic heterocycles. The topological polar surface area (TPSA) is 29.5 Å². The Morgan fingerprint density at radius 2 is 2.27 bits per heavy atom. The molecule has 0 unspecified atom stereocenters. The molecule has 4 heteroatoms. The van der Waals surface area contributed by atoms with Crippen LogP contribution in [0.4, 0.5) is 10.1 Å². The summed E-state index contributed by atoms with van der Waals surface area (Å²) in [6.45, 7) is 1.11. The van der Waals surface area contributed by atoms with E-state index in [0.717, 1.165) is 5.69 Å². The molecular formula is C11H12FNO2. The SMILES string of the molecule is COc1cc(N2CCC(=O)C2)ccc1F. The van der Waals surface area contributed by atoms with Gasteiger partial charge in [0.2, 0.25) is 0 Å². The molecule has 0 saturated carbocycles. The summed E-state index contributed by atoms with van der Waals surface area (Å²) in [5, 5.41) is 0. The zero-order chi connectivity index (χ0) is 10.8. The molecule has 0 aliphatic carbocycles. The summed E-state index contributed by atoms with van der Waals surface area (Å²) < 4.78 is 18.0. The van der Waals surface area contributed by atoms with Crippen molar-refractivity contribution in [3.8, 4) is 5.75 Å². The Morgan fingerprint density at radius 1 is 1.47 bits per heavy atom. The van der Waals surface area contributed by atoms with E-state index in [-0.39, 0.29) is 17.3 Å². The number of ketones is 1. The lowest BCUT2D eigenvalue weighted by Gasteiger charge is -2.17. The minimum atomic E-state index is -0.383. The van der Waals surface area contributed by atoms with Crippen LogP contribution in [0.25, 0.3) is 0 Å². The monoisotopic (exact) mass is 209 g/mol. The zero-order valence-electron chi connectivity index (χ0n) is 8.50. The van der Waals surface area contributed by atoms with E-state index in [1.807, 2.05) is 4.90 Å². The Morgan fingerprint density at radius 3 is 2.87 bits per heavy atom. The standard InChI is InChI=1S/C11H12FNO2/c1-15-11-6-8(2-3-10(11)12)13-5-4-9(14)7-13/h2-3,6H,4-5,7H2,1H3. The highest BCUT2D eigenvalue weighted by molar-refractivity contribution is 5.87. The number of Topliss-reactive ketones (excluding diaryl/α,β-unsaturated/α-hetero) is 1. The quantitative estimate of drug-likeness (QED) is 0.741. The van der Waals surface area contributed by atoms with E-state index in [2.05, 4.69) is 0 Å². The van der Waals surface area contributed by atoms with Gasteiger partial charge in [0.25, 0.3) is 0 Å². The molecule has 0 N–H and O–H groups in total. The Hall–Kier alpha value is -1.58. The fraction of sp³-hybridized carbons (Fsp3) is 0.364. The Balaban J connectivity index is 2.25. The Labute approximate surface area is 87.5 Å². The van der Waals surface area contributed by atoms with Crippen LogP contribution in [-0.4, -0.2) is 26.0 Å². The van der Waals surface area contributed by atoms with Crippen LogP contribution < -0.4 is 9.64 Å². The number of carbonyl (C=O) groups is 1. The molecule has 1 heterocycles. The van der Waals surface area contributed by atoms with Crippen molar-refractivity contribution in [2.45, 2.75) is 6.42 Å².